The minimum Gasteiger partial charge on any atom is -0.0930 e. The molecule has 0 saturated carbocycles. The lowest BCUT2D eigenvalue weighted by molar-refractivity contribution is 0.655. The van der Waals surface area contributed by atoms with Crippen LogP contribution in [0.2, 0.25) is 0 Å². The lowest BCUT2D eigenvalue weighted by Crippen LogP contribution is -2.02. The summed E-state index contributed by atoms with van der Waals surface area (Å²) in [6.07, 6.45) is 2.12. The Hall–Kier alpha value is -0.750. The number of hydrogen-bond acceptors (Lipinski definition) is 0. The Balaban J connectivity index is 2.61. The van der Waals surface area contributed by atoms with Crippen LogP contribution in [0.3, 0.4) is 0 Å². The van der Waals surface area contributed by atoms with Crippen molar-refractivity contribution in [2.75, 3.05) is 0 Å². The summed E-state index contributed by atoms with van der Waals surface area (Å²) in [6.45, 7) is 4.38. The topological polar surface area (TPSA) is 0 Å². The Labute approximate surface area is 91.6 Å². The van der Waals surface area contributed by atoms with Crippen molar-refractivity contribution in [2.24, 2.45) is 5.92 Å². The van der Waals surface area contributed by atoms with E-state index in [2.05, 4.69) is 38.1 Å². The molecule has 0 aliphatic heterocycles. The number of benzene rings is 1. The van der Waals surface area contributed by atoms with E-state index >= 15 is 0 Å². The maximum atomic E-state index is 5.77. The molecule has 0 amide bonds. The van der Waals surface area contributed by atoms with Crippen LogP contribution in [0, 0.1) is 5.92 Å². The summed E-state index contributed by atoms with van der Waals surface area (Å²) in [5.74, 6) is 0.542. The van der Waals surface area contributed by atoms with Crippen LogP contribution in [0.15, 0.2) is 41.4 Å². The average molecular weight is 209 g/mol. The van der Waals surface area contributed by atoms with Crippen LogP contribution in [0.4, 0.5) is 0 Å². The second-order valence-electron chi connectivity index (χ2n) is 3.63. The highest BCUT2D eigenvalue weighted by molar-refractivity contribution is 6.25. The molecule has 0 radical (unpaired) electrons. The summed E-state index contributed by atoms with van der Waals surface area (Å²) in [7, 11) is 0. The van der Waals surface area contributed by atoms with Gasteiger partial charge < -0.3 is 0 Å². The Morgan fingerprint density at radius 2 is 2.00 bits per heavy atom. The first-order valence-electron chi connectivity index (χ1n) is 5.11. The fourth-order valence-electron chi connectivity index (χ4n) is 1.63. The van der Waals surface area contributed by atoms with Crippen LogP contribution in [0.1, 0.15) is 25.8 Å². The number of halogens is 1. The molecular weight excluding hydrogens is 192 g/mol. The van der Waals surface area contributed by atoms with Crippen LogP contribution in [0.25, 0.3) is 0 Å². The third-order valence-corrected chi connectivity index (χ3v) is 2.85. The molecular formula is C13H17Cl. The molecule has 0 aliphatic carbocycles. The third kappa shape index (κ3) is 3.19. The summed E-state index contributed by atoms with van der Waals surface area (Å²) >= 11 is 5.77. The summed E-state index contributed by atoms with van der Waals surface area (Å²) in [5.41, 5.74) is 4.44. The highest BCUT2D eigenvalue weighted by Crippen LogP contribution is 2.19. The lowest BCUT2D eigenvalue weighted by atomic mass is 9.93. The molecule has 0 spiro atoms. The van der Waals surface area contributed by atoms with Crippen molar-refractivity contribution in [2.45, 2.75) is 26.7 Å². The molecule has 1 unspecified atom stereocenters. The zero-order valence-electron chi connectivity index (χ0n) is 8.83. The highest BCUT2D eigenvalue weighted by atomic mass is 35.5. The van der Waals surface area contributed by atoms with Gasteiger partial charge in [0.25, 0.3) is 0 Å². The van der Waals surface area contributed by atoms with Crippen molar-refractivity contribution in [3.8, 4) is 0 Å². The first-order chi connectivity index (χ1) is 6.77. The summed E-state index contributed by atoms with van der Waals surface area (Å²) in [4.78, 5) is 0. The molecule has 0 heterocycles. The zero-order chi connectivity index (χ0) is 10.4. The summed E-state index contributed by atoms with van der Waals surface area (Å²) < 4.78 is 0. The van der Waals surface area contributed by atoms with Crippen LogP contribution >= 0.6 is 11.6 Å². The monoisotopic (exact) mass is 208 g/mol. The van der Waals surface area contributed by atoms with Gasteiger partial charge in [-0.2, -0.15) is 0 Å². The molecule has 1 atom stereocenters. The van der Waals surface area contributed by atoms with Crippen molar-refractivity contribution < 1.29 is 0 Å². The second kappa shape index (κ2) is 5.87. The van der Waals surface area contributed by atoms with E-state index in [1.165, 1.54) is 11.1 Å². The minimum absolute atomic E-state index is 0.542. The van der Waals surface area contributed by atoms with Gasteiger partial charge in [0.15, 0.2) is 0 Å². The van der Waals surface area contributed by atoms with E-state index in [0.29, 0.717) is 5.92 Å². The number of allylic oxidation sites excluding steroid dienone is 1. The quantitative estimate of drug-likeness (QED) is 0.688. The molecule has 0 bridgehead atoms. The van der Waals surface area contributed by atoms with Gasteiger partial charge in [0, 0.05) is 5.54 Å². The van der Waals surface area contributed by atoms with Gasteiger partial charge in [-0.15, -0.1) is 0 Å². The minimum atomic E-state index is 0.542. The number of rotatable bonds is 4. The van der Waals surface area contributed by atoms with Crippen molar-refractivity contribution in [3.05, 3.63) is 47.0 Å². The fourth-order valence-corrected chi connectivity index (χ4v) is 2.00. The van der Waals surface area contributed by atoms with Gasteiger partial charge in [0.05, 0.1) is 0 Å². The van der Waals surface area contributed by atoms with E-state index in [1.807, 2.05) is 6.07 Å². The largest absolute Gasteiger partial charge is 0.0930 e. The summed E-state index contributed by atoms with van der Waals surface area (Å²) in [6, 6.07) is 10.5. The van der Waals surface area contributed by atoms with E-state index < -0.39 is 0 Å². The van der Waals surface area contributed by atoms with Crippen molar-refractivity contribution >= 4 is 11.6 Å². The van der Waals surface area contributed by atoms with Crippen LogP contribution in [0.5, 0.6) is 0 Å². The molecule has 1 rings (SSSR count). The maximum Gasteiger partial charge on any atom is 0.00371 e. The van der Waals surface area contributed by atoms with Gasteiger partial charge in [-0.1, -0.05) is 61.4 Å². The van der Waals surface area contributed by atoms with Gasteiger partial charge in [-0.3, -0.25) is 0 Å². The maximum absolute atomic E-state index is 5.77. The first-order valence-corrected chi connectivity index (χ1v) is 5.54. The Morgan fingerprint density at radius 3 is 2.50 bits per heavy atom. The molecule has 0 saturated heterocycles. The number of hydrogen-bond donors (Lipinski definition) is 0. The third-order valence-electron chi connectivity index (χ3n) is 2.57. The van der Waals surface area contributed by atoms with Crippen molar-refractivity contribution in [1.29, 1.82) is 0 Å². The molecule has 0 nitrogen and oxygen atoms in total. The van der Waals surface area contributed by atoms with E-state index in [-0.39, 0.29) is 0 Å². The first kappa shape index (κ1) is 11.3. The Kier molecular flexibility index (Phi) is 4.75. The average Bonchev–Trinajstić information content (AvgIpc) is 2.21. The van der Waals surface area contributed by atoms with Gasteiger partial charge in [-0.05, 0) is 24.3 Å². The zero-order valence-corrected chi connectivity index (χ0v) is 9.59. The molecule has 0 aliphatic rings. The molecule has 0 aromatic heterocycles. The molecule has 76 valence electrons. The van der Waals surface area contributed by atoms with Crippen LogP contribution in [-0.2, 0) is 6.42 Å². The predicted octanol–water partition coefficient (Wildman–Crippen LogP) is 4.40. The van der Waals surface area contributed by atoms with Crippen LogP contribution < -0.4 is 0 Å². The van der Waals surface area contributed by atoms with Crippen molar-refractivity contribution in [3.63, 3.8) is 0 Å². The van der Waals surface area contributed by atoms with E-state index in [4.69, 9.17) is 11.6 Å². The Morgan fingerprint density at radius 1 is 1.36 bits per heavy atom. The molecule has 1 aromatic rings. The SMILES string of the molecule is CC/C(=C\Cl)C(C)Cc1ccccc1. The molecule has 14 heavy (non-hydrogen) atoms. The predicted molar refractivity (Wildman–Crippen MR) is 63.5 cm³/mol. The van der Waals surface area contributed by atoms with E-state index in [9.17, 15) is 0 Å². The second-order valence-corrected chi connectivity index (χ2v) is 3.85. The van der Waals surface area contributed by atoms with Crippen LogP contribution in [-0.4, -0.2) is 0 Å². The summed E-state index contributed by atoms with van der Waals surface area (Å²) in [5, 5.41) is 0. The molecule has 0 N–H and O–H groups in total. The fraction of sp³-hybridized carbons (Fsp3) is 0.385. The Bertz CT molecular complexity index is 287. The van der Waals surface area contributed by atoms with Gasteiger partial charge in [0.2, 0.25) is 0 Å². The standard InChI is InChI=1S/C13H17Cl/c1-3-13(10-14)11(2)9-12-7-5-4-6-8-12/h4-8,10-11H,3,9H2,1-2H3/b13-10+. The molecule has 1 heteroatoms. The van der Waals surface area contributed by atoms with Gasteiger partial charge >= 0.3 is 0 Å². The highest BCUT2D eigenvalue weighted by Gasteiger charge is 2.07. The van der Waals surface area contributed by atoms with E-state index in [1.54, 1.807) is 5.54 Å². The lowest BCUT2D eigenvalue weighted by Gasteiger charge is -2.13. The molecule has 1 aromatic carbocycles. The normalized spacial score (nSPS) is 14.1. The van der Waals surface area contributed by atoms with Gasteiger partial charge in [0.1, 0.15) is 0 Å². The van der Waals surface area contributed by atoms with Gasteiger partial charge in [-0.25, -0.2) is 0 Å². The van der Waals surface area contributed by atoms with Crippen molar-refractivity contribution in [1.82, 2.24) is 0 Å². The van der Waals surface area contributed by atoms with E-state index in [0.717, 1.165) is 12.8 Å². The smallest absolute Gasteiger partial charge is 0.00371 e. The molecule has 0 fully saturated rings.